The highest BCUT2D eigenvalue weighted by Gasteiger charge is 2.32. The number of hydrogen-bond donors (Lipinski definition) is 0. The van der Waals surface area contributed by atoms with Crippen molar-refractivity contribution in [3.63, 3.8) is 0 Å². The van der Waals surface area contributed by atoms with Gasteiger partial charge in [-0.25, -0.2) is 4.98 Å². The maximum Gasteiger partial charge on any atom is 0.418 e. The molecular weight excluding hydrogens is 174 g/mol. The van der Waals surface area contributed by atoms with Crippen molar-refractivity contribution in [2.45, 2.75) is 13.1 Å². The predicted octanol–water partition coefficient (Wildman–Crippen LogP) is 2.55. The maximum atomic E-state index is 12.3. The molecule has 0 fully saturated rings. The van der Waals surface area contributed by atoms with Crippen LogP contribution < -0.4 is 0 Å². The van der Waals surface area contributed by atoms with Crippen LogP contribution in [0, 0.1) is 12.9 Å². The largest absolute Gasteiger partial charge is 0.418 e. The summed E-state index contributed by atoms with van der Waals surface area (Å²) in [6, 6.07) is 1.37. The third-order valence-electron chi connectivity index (χ3n) is 1.36. The van der Waals surface area contributed by atoms with Gasteiger partial charge in [-0.05, 0) is 19.1 Å². The first-order valence-electron chi connectivity index (χ1n) is 3.11. The molecule has 0 aliphatic carbocycles. The quantitative estimate of drug-likeness (QED) is 0.440. The second-order valence-electron chi connectivity index (χ2n) is 2.26. The number of aryl methyl sites for hydroxylation is 1. The van der Waals surface area contributed by atoms with Crippen molar-refractivity contribution in [2.24, 2.45) is 0 Å². The Morgan fingerprint density at radius 3 is 2.25 bits per heavy atom. The van der Waals surface area contributed by atoms with E-state index in [1.807, 2.05) is 0 Å². The van der Waals surface area contributed by atoms with Gasteiger partial charge in [0.2, 0.25) is 5.95 Å². The lowest BCUT2D eigenvalue weighted by Gasteiger charge is -2.07. The summed E-state index contributed by atoms with van der Waals surface area (Å²) in [7, 11) is 0. The third kappa shape index (κ3) is 1.72. The minimum Gasteiger partial charge on any atom is -0.225 e. The van der Waals surface area contributed by atoms with Gasteiger partial charge >= 0.3 is 6.18 Å². The van der Waals surface area contributed by atoms with Crippen LogP contribution in [-0.4, -0.2) is 4.98 Å². The van der Waals surface area contributed by atoms with Gasteiger partial charge in [0.1, 0.15) is 0 Å². The van der Waals surface area contributed by atoms with E-state index in [1.54, 1.807) is 0 Å². The highest BCUT2D eigenvalue weighted by molar-refractivity contribution is 5.21. The molecule has 1 aromatic heterocycles. The molecule has 1 aromatic rings. The van der Waals surface area contributed by atoms with E-state index in [1.165, 1.54) is 0 Å². The van der Waals surface area contributed by atoms with Crippen molar-refractivity contribution < 1.29 is 17.6 Å². The highest BCUT2D eigenvalue weighted by Crippen LogP contribution is 2.30. The fourth-order valence-electron chi connectivity index (χ4n) is 0.830. The van der Waals surface area contributed by atoms with Gasteiger partial charge in [0.05, 0.1) is 11.3 Å². The molecule has 0 unspecified atom stereocenters. The molecule has 0 bridgehead atoms. The number of hydrogen-bond acceptors (Lipinski definition) is 1. The Balaban J connectivity index is 3.19. The van der Waals surface area contributed by atoms with Gasteiger partial charge in [-0.3, -0.25) is 0 Å². The predicted molar refractivity (Wildman–Crippen MR) is 33.9 cm³/mol. The van der Waals surface area contributed by atoms with Crippen molar-refractivity contribution in [3.05, 3.63) is 29.3 Å². The Bertz CT molecular complexity index is 292. The maximum absolute atomic E-state index is 12.3. The molecule has 0 radical (unpaired) electrons. The average Bonchev–Trinajstić information content (AvgIpc) is 1.83. The zero-order chi connectivity index (χ0) is 9.35. The number of pyridine rings is 1. The van der Waals surface area contributed by atoms with Gasteiger partial charge in [-0.2, -0.15) is 17.6 Å². The molecule has 0 N–H and O–H groups in total. The molecule has 0 atom stereocenters. The molecule has 0 aliphatic rings. The monoisotopic (exact) mass is 179 g/mol. The van der Waals surface area contributed by atoms with Crippen LogP contribution in [0.2, 0.25) is 0 Å². The lowest BCUT2D eigenvalue weighted by atomic mass is 10.2. The van der Waals surface area contributed by atoms with Gasteiger partial charge in [-0.15, -0.1) is 0 Å². The minimum atomic E-state index is -4.45. The summed E-state index contributed by atoms with van der Waals surface area (Å²) in [5, 5.41) is 0. The fraction of sp³-hybridized carbons (Fsp3) is 0.286. The van der Waals surface area contributed by atoms with Crippen LogP contribution in [0.5, 0.6) is 0 Å². The Hall–Kier alpha value is -1.13. The zero-order valence-corrected chi connectivity index (χ0v) is 6.11. The Morgan fingerprint density at radius 1 is 1.25 bits per heavy atom. The normalized spacial score (nSPS) is 11.8. The standard InChI is InChI=1S/C7H5F4N/c1-4-5(7(9,10)11)2-3-6(8)12-4/h2-3H,1H3. The molecule has 1 rings (SSSR count). The first kappa shape index (κ1) is 8.96. The van der Waals surface area contributed by atoms with Crippen LogP contribution in [0.4, 0.5) is 17.6 Å². The first-order chi connectivity index (χ1) is 5.41. The molecule has 5 heteroatoms. The van der Waals surface area contributed by atoms with Gasteiger partial charge in [0.15, 0.2) is 0 Å². The summed E-state index contributed by atoms with van der Waals surface area (Å²) in [4.78, 5) is 3.05. The summed E-state index contributed by atoms with van der Waals surface area (Å²) in [5.41, 5.74) is -1.24. The lowest BCUT2D eigenvalue weighted by molar-refractivity contribution is -0.138. The molecule has 66 valence electrons. The van der Waals surface area contributed by atoms with E-state index in [0.29, 0.717) is 12.1 Å². The second-order valence-corrected chi connectivity index (χ2v) is 2.26. The smallest absolute Gasteiger partial charge is 0.225 e. The number of nitrogens with zero attached hydrogens (tertiary/aromatic N) is 1. The summed E-state index contributed by atoms with van der Waals surface area (Å²) in [5.74, 6) is -0.902. The summed E-state index contributed by atoms with van der Waals surface area (Å²) in [6.07, 6.45) is -4.45. The molecule has 0 saturated carbocycles. The van der Waals surface area contributed by atoms with E-state index >= 15 is 0 Å². The van der Waals surface area contributed by atoms with Crippen molar-refractivity contribution in [2.75, 3.05) is 0 Å². The topological polar surface area (TPSA) is 12.9 Å². The van der Waals surface area contributed by atoms with Crippen molar-refractivity contribution >= 4 is 0 Å². The van der Waals surface area contributed by atoms with Gasteiger partial charge in [0.25, 0.3) is 0 Å². The van der Waals surface area contributed by atoms with Crippen LogP contribution in [0.25, 0.3) is 0 Å². The summed E-state index contributed by atoms with van der Waals surface area (Å²) < 4.78 is 48.3. The van der Waals surface area contributed by atoms with Gasteiger partial charge in [0, 0.05) is 0 Å². The van der Waals surface area contributed by atoms with Crippen molar-refractivity contribution in [1.82, 2.24) is 4.98 Å². The molecule has 0 saturated heterocycles. The molecular formula is C7H5F4N. The summed E-state index contributed by atoms with van der Waals surface area (Å²) in [6.45, 7) is 1.12. The molecule has 0 aliphatic heterocycles. The molecule has 12 heavy (non-hydrogen) atoms. The number of rotatable bonds is 0. The van der Waals surface area contributed by atoms with Crippen molar-refractivity contribution in [1.29, 1.82) is 0 Å². The van der Waals surface area contributed by atoms with E-state index in [4.69, 9.17) is 0 Å². The lowest BCUT2D eigenvalue weighted by Crippen LogP contribution is -2.09. The van der Waals surface area contributed by atoms with Crippen LogP contribution in [0.1, 0.15) is 11.3 Å². The molecule has 0 spiro atoms. The van der Waals surface area contributed by atoms with E-state index in [2.05, 4.69) is 4.98 Å². The zero-order valence-electron chi connectivity index (χ0n) is 6.11. The Morgan fingerprint density at radius 2 is 1.83 bits per heavy atom. The van der Waals surface area contributed by atoms with E-state index < -0.39 is 17.7 Å². The number of aromatic nitrogens is 1. The number of alkyl halides is 3. The van der Waals surface area contributed by atoms with Gasteiger partial charge < -0.3 is 0 Å². The second kappa shape index (κ2) is 2.73. The third-order valence-corrected chi connectivity index (χ3v) is 1.36. The fourth-order valence-corrected chi connectivity index (χ4v) is 0.830. The Labute approximate surface area is 66.0 Å². The van der Waals surface area contributed by atoms with Crippen LogP contribution in [0.3, 0.4) is 0 Å². The SMILES string of the molecule is Cc1nc(F)ccc1C(F)(F)F. The highest BCUT2D eigenvalue weighted by atomic mass is 19.4. The van der Waals surface area contributed by atoms with E-state index in [-0.39, 0.29) is 5.69 Å². The minimum absolute atomic E-state index is 0.345. The van der Waals surface area contributed by atoms with Crippen molar-refractivity contribution in [3.8, 4) is 0 Å². The van der Waals surface area contributed by atoms with E-state index in [0.717, 1.165) is 6.92 Å². The first-order valence-corrected chi connectivity index (χ1v) is 3.11. The van der Waals surface area contributed by atoms with Crippen LogP contribution in [0.15, 0.2) is 12.1 Å². The molecule has 0 amide bonds. The Kier molecular flexibility index (Phi) is 2.04. The van der Waals surface area contributed by atoms with Crippen LogP contribution >= 0.6 is 0 Å². The van der Waals surface area contributed by atoms with Gasteiger partial charge in [-0.1, -0.05) is 0 Å². The molecule has 1 nitrogen and oxygen atoms in total. The molecule has 1 heterocycles. The van der Waals surface area contributed by atoms with Crippen LogP contribution in [-0.2, 0) is 6.18 Å². The summed E-state index contributed by atoms with van der Waals surface area (Å²) >= 11 is 0. The van der Waals surface area contributed by atoms with E-state index in [9.17, 15) is 17.6 Å². The molecule has 0 aromatic carbocycles. The average molecular weight is 179 g/mol. The number of halogens is 4.